The summed E-state index contributed by atoms with van der Waals surface area (Å²) in [4.78, 5) is 0. The second kappa shape index (κ2) is 2.01. The largest absolute Gasteiger partial charge is 0.240 e. The summed E-state index contributed by atoms with van der Waals surface area (Å²) in [6.07, 6.45) is 9.32. The predicted molar refractivity (Wildman–Crippen MR) is 40.1 cm³/mol. The molecule has 1 aliphatic rings. The quantitative estimate of drug-likeness (QED) is 0.487. The zero-order valence-corrected chi connectivity index (χ0v) is 5.36. The van der Waals surface area contributed by atoms with E-state index >= 15 is 0 Å². The van der Waals surface area contributed by atoms with Gasteiger partial charge < -0.3 is 0 Å². The van der Waals surface area contributed by atoms with E-state index in [9.17, 15) is 0 Å². The average Bonchev–Trinajstić information content (AvgIpc) is 2.28. The Morgan fingerprint density at radius 2 is 2.50 bits per heavy atom. The number of hydrogen-bond acceptors (Lipinski definition) is 1. The zero-order valence-electron chi connectivity index (χ0n) is 5.36. The molecule has 0 amide bonds. The molecule has 0 bridgehead atoms. The van der Waals surface area contributed by atoms with E-state index in [1.54, 1.807) is 10.9 Å². The first-order chi connectivity index (χ1) is 4.97. The van der Waals surface area contributed by atoms with Crippen molar-refractivity contribution in [3.8, 4) is 0 Å². The molecule has 1 aromatic rings. The summed E-state index contributed by atoms with van der Waals surface area (Å²) in [5, 5.41) is 4.06. The Labute approximate surface area is 58.8 Å². The highest BCUT2D eigenvalue weighted by molar-refractivity contribution is 5.50. The summed E-state index contributed by atoms with van der Waals surface area (Å²) in [5.41, 5.74) is 4.05. The van der Waals surface area contributed by atoms with Crippen LogP contribution in [0.15, 0.2) is 30.1 Å². The molecule has 2 heterocycles. The number of aromatic nitrogens is 2. The Morgan fingerprint density at radius 1 is 1.50 bits per heavy atom. The first-order valence-corrected chi connectivity index (χ1v) is 3.09. The molecule has 0 unspecified atom stereocenters. The van der Waals surface area contributed by atoms with Gasteiger partial charge in [-0.25, -0.2) is 4.68 Å². The van der Waals surface area contributed by atoms with Crippen molar-refractivity contribution in [3.05, 3.63) is 35.8 Å². The highest BCUT2D eigenvalue weighted by atomic mass is 15.3. The van der Waals surface area contributed by atoms with Gasteiger partial charge in [-0.2, -0.15) is 5.10 Å². The average molecular weight is 130 g/mol. The fourth-order valence-corrected chi connectivity index (χ4v) is 0.877. The minimum atomic E-state index is 1.06. The van der Waals surface area contributed by atoms with Crippen LogP contribution in [0.1, 0.15) is 5.69 Å². The van der Waals surface area contributed by atoms with E-state index in [0.29, 0.717) is 0 Å². The molecule has 1 aliphatic heterocycles. The predicted octanol–water partition coefficient (Wildman–Crippen LogP) is 1.54. The molecule has 0 atom stereocenters. The Morgan fingerprint density at radius 3 is 3.50 bits per heavy atom. The molecule has 0 saturated heterocycles. The number of hydrogen-bond donors (Lipinski definition) is 0. The van der Waals surface area contributed by atoms with Gasteiger partial charge in [-0.05, 0) is 18.2 Å². The number of fused-ring (bicyclic) bond motifs is 1. The van der Waals surface area contributed by atoms with E-state index < -0.39 is 0 Å². The van der Waals surface area contributed by atoms with Crippen LogP contribution in [-0.4, -0.2) is 9.78 Å². The van der Waals surface area contributed by atoms with Gasteiger partial charge >= 0.3 is 0 Å². The Kier molecular flexibility index (Phi) is 1.06. The molecule has 0 saturated carbocycles. The molecule has 0 radical (unpaired) electrons. The molecule has 1 aromatic heterocycles. The maximum atomic E-state index is 4.06. The Balaban J connectivity index is 2.68. The third kappa shape index (κ3) is 0.714. The van der Waals surface area contributed by atoms with Crippen LogP contribution in [0.3, 0.4) is 0 Å². The summed E-state index contributed by atoms with van der Waals surface area (Å²) >= 11 is 0. The number of rotatable bonds is 0. The zero-order chi connectivity index (χ0) is 6.81. The minimum Gasteiger partial charge on any atom is -0.240 e. The van der Waals surface area contributed by atoms with Gasteiger partial charge in [-0.15, -0.1) is 5.73 Å². The van der Waals surface area contributed by atoms with Crippen molar-refractivity contribution in [3.63, 3.8) is 0 Å². The first-order valence-electron chi connectivity index (χ1n) is 3.09. The standard InChI is InChI=1S/C8H6N2/c1-2-4-8-5-6-9-10(8)7-3-1/h1,3-7H. The van der Waals surface area contributed by atoms with Crippen LogP contribution in [0.25, 0.3) is 12.3 Å². The lowest BCUT2D eigenvalue weighted by Crippen LogP contribution is -1.89. The van der Waals surface area contributed by atoms with Crippen molar-refractivity contribution in [2.45, 2.75) is 0 Å². The molecule has 0 aromatic carbocycles. The number of nitrogens with zero attached hydrogens (tertiary/aromatic N) is 2. The SMILES string of the molecule is C1=CC=Cn2nccc2C=1. The van der Waals surface area contributed by atoms with Crippen LogP contribution in [0.2, 0.25) is 0 Å². The molecule has 0 N–H and O–H groups in total. The highest BCUT2D eigenvalue weighted by Gasteiger charge is 1.93. The van der Waals surface area contributed by atoms with Crippen LogP contribution in [-0.2, 0) is 0 Å². The highest BCUT2D eigenvalue weighted by Crippen LogP contribution is 2.03. The van der Waals surface area contributed by atoms with E-state index in [4.69, 9.17) is 0 Å². The lowest BCUT2D eigenvalue weighted by Gasteiger charge is -1.90. The second-order valence-corrected chi connectivity index (χ2v) is 2.02. The maximum Gasteiger partial charge on any atom is 0.0738 e. The molecule has 48 valence electrons. The fraction of sp³-hybridized carbons (Fsp3) is 0. The Bertz CT molecular complexity index is 325. The van der Waals surface area contributed by atoms with Crippen molar-refractivity contribution in [2.75, 3.05) is 0 Å². The summed E-state index contributed by atoms with van der Waals surface area (Å²) in [6, 6.07) is 1.94. The van der Waals surface area contributed by atoms with Gasteiger partial charge in [0, 0.05) is 18.5 Å². The molecule has 2 rings (SSSR count). The lowest BCUT2D eigenvalue weighted by atomic mass is 10.4. The summed E-state index contributed by atoms with van der Waals surface area (Å²) in [6.45, 7) is 0. The summed E-state index contributed by atoms with van der Waals surface area (Å²) < 4.78 is 1.80. The molecular formula is C8H6N2. The van der Waals surface area contributed by atoms with Crippen molar-refractivity contribution in [1.82, 2.24) is 9.78 Å². The van der Waals surface area contributed by atoms with E-state index in [1.807, 2.05) is 30.5 Å². The minimum absolute atomic E-state index is 1.06. The van der Waals surface area contributed by atoms with Gasteiger partial charge in [0.1, 0.15) is 0 Å². The van der Waals surface area contributed by atoms with Crippen LogP contribution in [0.4, 0.5) is 0 Å². The second-order valence-electron chi connectivity index (χ2n) is 2.02. The van der Waals surface area contributed by atoms with E-state index in [2.05, 4.69) is 10.8 Å². The molecule has 2 heteroatoms. The van der Waals surface area contributed by atoms with Crippen LogP contribution in [0, 0.1) is 0 Å². The van der Waals surface area contributed by atoms with Crippen molar-refractivity contribution in [1.29, 1.82) is 0 Å². The fourth-order valence-electron chi connectivity index (χ4n) is 0.877. The van der Waals surface area contributed by atoms with Gasteiger partial charge in [0.05, 0.1) is 5.69 Å². The number of allylic oxidation sites excluding steroid dienone is 2. The van der Waals surface area contributed by atoms with E-state index in [-0.39, 0.29) is 0 Å². The first kappa shape index (κ1) is 5.27. The lowest BCUT2D eigenvalue weighted by molar-refractivity contribution is 0.926. The normalized spacial score (nSPS) is 13.2. The van der Waals surface area contributed by atoms with Crippen LogP contribution in [0.5, 0.6) is 0 Å². The van der Waals surface area contributed by atoms with E-state index in [0.717, 1.165) is 5.69 Å². The topological polar surface area (TPSA) is 17.8 Å². The molecule has 0 aliphatic carbocycles. The third-order valence-corrected chi connectivity index (χ3v) is 1.35. The van der Waals surface area contributed by atoms with Crippen molar-refractivity contribution < 1.29 is 0 Å². The van der Waals surface area contributed by atoms with E-state index in [1.165, 1.54) is 0 Å². The third-order valence-electron chi connectivity index (χ3n) is 1.35. The van der Waals surface area contributed by atoms with Crippen molar-refractivity contribution >= 4 is 12.3 Å². The molecule has 0 fully saturated rings. The Hall–Kier alpha value is -1.53. The monoisotopic (exact) mass is 130 g/mol. The van der Waals surface area contributed by atoms with Gasteiger partial charge in [-0.1, -0.05) is 0 Å². The van der Waals surface area contributed by atoms with Gasteiger partial charge in [-0.3, -0.25) is 0 Å². The van der Waals surface area contributed by atoms with Gasteiger partial charge in [0.15, 0.2) is 0 Å². The van der Waals surface area contributed by atoms with Crippen LogP contribution < -0.4 is 0 Å². The summed E-state index contributed by atoms with van der Waals surface area (Å²) in [5.74, 6) is 0. The molecule has 0 spiro atoms. The van der Waals surface area contributed by atoms with Crippen LogP contribution >= 0.6 is 0 Å². The molecular weight excluding hydrogens is 124 g/mol. The molecule has 2 nitrogen and oxygen atoms in total. The maximum absolute atomic E-state index is 4.06. The van der Waals surface area contributed by atoms with Gasteiger partial charge in [0.25, 0.3) is 0 Å². The smallest absolute Gasteiger partial charge is 0.0738 e. The molecule has 10 heavy (non-hydrogen) atoms. The van der Waals surface area contributed by atoms with Crippen molar-refractivity contribution in [2.24, 2.45) is 0 Å². The van der Waals surface area contributed by atoms with Gasteiger partial charge in [0.2, 0.25) is 0 Å². The summed E-state index contributed by atoms with van der Waals surface area (Å²) in [7, 11) is 0.